The standard InChI is InChI=1S/C25H33ClN2O3/c26-22-6-4-8-24(18-22)31-20-25(29)9-13-28(14-10-25)19-21-5-3-7-23(17-21)30-16-15-27-11-1-2-12-27/h3-8,17-18,29H,1-2,9-16,19-20H2. The third-order valence-electron chi connectivity index (χ3n) is 6.27. The normalized spacial score (nSPS) is 19.4. The second kappa shape index (κ2) is 10.7. The van der Waals surface area contributed by atoms with E-state index in [9.17, 15) is 5.11 Å². The summed E-state index contributed by atoms with van der Waals surface area (Å²) in [7, 11) is 0. The fourth-order valence-corrected chi connectivity index (χ4v) is 4.52. The van der Waals surface area contributed by atoms with Crippen molar-refractivity contribution in [2.24, 2.45) is 0 Å². The molecular formula is C25H33ClN2O3. The lowest BCUT2D eigenvalue weighted by Crippen LogP contribution is -2.47. The molecule has 0 saturated carbocycles. The maximum Gasteiger partial charge on any atom is 0.120 e. The van der Waals surface area contributed by atoms with Crippen molar-refractivity contribution in [3.8, 4) is 11.5 Å². The Morgan fingerprint density at radius 3 is 2.32 bits per heavy atom. The highest BCUT2D eigenvalue weighted by atomic mass is 35.5. The van der Waals surface area contributed by atoms with Gasteiger partial charge >= 0.3 is 0 Å². The molecule has 1 N–H and O–H groups in total. The van der Waals surface area contributed by atoms with Crippen LogP contribution in [-0.4, -0.2) is 66.4 Å². The second-order valence-electron chi connectivity index (χ2n) is 8.79. The SMILES string of the molecule is OC1(COc2cccc(Cl)c2)CCN(Cc2cccc(OCCN3CCCC3)c2)CC1. The molecule has 0 atom stereocenters. The first-order chi connectivity index (χ1) is 15.1. The molecule has 2 saturated heterocycles. The summed E-state index contributed by atoms with van der Waals surface area (Å²) in [5.74, 6) is 1.64. The Balaban J connectivity index is 1.21. The van der Waals surface area contributed by atoms with Crippen LogP contribution < -0.4 is 9.47 Å². The van der Waals surface area contributed by atoms with Crippen molar-refractivity contribution >= 4 is 11.6 Å². The molecule has 0 spiro atoms. The van der Waals surface area contributed by atoms with Crippen molar-refractivity contribution in [1.82, 2.24) is 9.80 Å². The van der Waals surface area contributed by atoms with E-state index in [4.69, 9.17) is 21.1 Å². The Morgan fingerprint density at radius 1 is 0.871 bits per heavy atom. The van der Waals surface area contributed by atoms with E-state index < -0.39 is 5.60 Å². The molecule has 2 aliphatic heterocycles. The molecule has 31 heavy (non-hydrogen) atoms. The summed E-state index contributed by atoms with van der Waals surface area (Å²) >= 11 is 6.01. The zero-order valence-corrected chi connectivity index (χ0v) is 18.9. The molecular weight excluding hydrogens is 412 g/mol. The molecule has 4 rings (SSSR count). The first kappa shape index (κ1) is 22.4. The quantitative estimate of drug-likeness (QED) is 0.627. The van der Waals surface area contributed by atoms with Crippen LogP contribution in [0.4, 0.5) is 0 Å². The van der Waals surface area contributed by atoms with Crippen LogP contribution >= 0.6 is 11.6 Å². The fourth-order valence-electron chi connectivity index (χ4n) is 4.34. The average molecular weight is 445 g/mol. The van der Waals surface area contributed by atoms with Gasteiger partial charge in [0.2, 0.25) is 0 Å². The zero-order valence-electron chi connectivity index (χ0n) is 18.1. The van der Waals surface area contributed by atoms with Gasteiger partial charge < -0.3 is 14.6 Å². The molecule has 6 heteroatoms. The highest BCUT2D eigenvalue weighted by Crippen LogP contribution is 2.26. The van der Waals surface area contributed by atoms with Gasteiger partial charge in [-0.1, -0.05) is 29.8 Å². The summed E-state index contributed by atoms with van der Waals surface area (Å²) in [6.07, 6.45) is 4.01. The van der Waals surface area contributed by atoms with E-state index in [1.807, 2.05) is 24.3 Å². The number of piperidine rings is 1. The van der Waals surface area contributed by atoms with Gasteiger partial charge in [0.05, 0.1) is 0 Å². The van der Waals surface area contributed by atoms with Crippen LogP contribution in [0.15, 0.2) is 48.5 Å². The molecule has 0 aliphatic carbocycles. The molecule has 0 bridgehead atoms. The highest BCUT2D eigenvalue weighted by Gasteiger charge is 2.33. The fraction of sp³-hybridized carbons (Fsp3) is 0.520. The minimum atomic E-state index is -0.792. The van der Waals surface area contributed by atoms with Crippen molar-refractivity contribution in [1.29, 1.82) is 0 Å². The summed E-state index contributed by atoms with van der Waals surface area (Å²) in [5.41, 5.74) is 0.457. The minimum absolute atomic E-state index is 0.293. The van der Waals surface area contributed by atoms with Gasteiger partial charge in [0.1, 0.15) is 30.3 Å². The van der Waals surface area contributed by atoms with Crippen LogP contribution in [0.3, 0.4) is 0 Å². The van der Waals surface area contributed by atoms with Crippen molar-refractivity contribution in [3.63, 3.8) is 0 Å². The van der Waals surface area contributed by atoms with Crippen molar-refractivity contribution in [2.75, 3.05) is 45.9 Å². The predicted molar refractivity (Wildman–Crippen MR) is 124 cm³/mol. The highest BCUT2D eigenvalue weighted by molar-refractivity contribution is 6.30. The first-order valence-corrected chi connectivity index (χ1v) is 11.7. The number of ether oxygens (including phenoxy) is 2. The Morgan fingerprint density at radius 2 is 1.58 bits per heavy atom. The number of benzene rings is 2. The van der Waals surface area contributed by atoms with Crippen LogP contribution in [-0.2, 0) is 6.54 Å². The molecule has 2 aromatic carbocycles. The molecule has 168 valence electrons. The smallest absolute Gasteiger partial charge is 0.120 e. The summed E-state index contributed by atoms with van der Waals surface area (Å²) in [6, 6.07) is 15.7. The van der Waals surface area contributed by atoms with Crippen molar-refractivity contribution < 1.29 is 14.6 Å². The van der Waals surface area contributed by atoms with Gasteiger partial charge in [0.15, 0.2) is 0 Å². The first-order valence-electron chi connectivity index (χ1n) is 11.4. The molecule has 2 heterocycles. The monoisotopic (exact) mass is 444 g/mol. The lowest BCUT2D eigenvalue weighted by Gasteiger charge is -2.38. The van der Waals surface area contributed by atoms with E-state index in [0.717, 1.165) is 38.5 Å². The van der Waals surface area contributed by atoms with Crippen LogP contribution in [0.5, 0.6) is 11.5 Å². The summed E-state index contributed by atoms with van der Waals surface area (Å²) in [4.78, 5) is 4.85. The third kappa shape index (κ3) is 6.84. The minimum Gasteiger partial charge on any atom is -0.492 e. The van der Waals surface area contributed by atoms with Gasteiger partial charge in [-0.25, -0.2) is 0 Å². The number of hydrogen-bond donors (Lipinski definition) is 1. The number of likely N-dealkylation sites (tertiary alicyclic amines) is 2. The number of halogens is 1. The van der Waals surface area contributed by atoms with E-state index >= 15 is 0 Å². The van der Waals surface area contributed by atoms with E-state index in [1.165, 1.54) is 31.5 Å². The Kier molecular flexibility index (Phi) is 7.72. The largest absolute Gasteiger partial charge is 0.492 e. The van der Waals surface area contributed by atoms with Gasteiger partial charge in [-0.3, -0.25) is 9.80 Å². The third-order valence-corrected chi connectivity index (χ3v) is 6.51. The van der Waals surface area contributed by atoms with E-state index in [0.29, 0.717) is 30.2 Å². The predicted octanol–water partition coefficient (Wildman–Crippen LogP) is 4.22. The molecule has 5 nitrogen and oxygen atoms in total. The topological polar surface area (TPSA) is 45.2 Å². The molecule has 2 fully saturated rings. The maximum atomic E-state index is 10.9. The van der Waals surface area contributed by atoms with E-state index in [-0.39, 0.29) is 0 Å². The number of aliphatic hydroxyl groups is 1. The lowest BCUT2D eigenvalue weighted by molar-refractivity contribution is -0.0537. The second-order valence-corrected chi connectivity index (χ2v) is 9.23. The number of rotatable bonds is 9. The van der Waals surface area contributed by atoms with Crippen molar-refractivity contribution in [3.05, 3.63) is 59.1 Å². The van der Waals surface area contributed by atoms with Gasteiger partial charge in [-0.2, -0.15) is 0 Å². The molecule has 2 aromatic rings. The van der Waals surface area contributed by atoms with E-state index in [2.05, 4.69) is 28.0 Å². The van der Waals surface area contributed by atoms with Crippen LogP contribution in [0.25, 0.3) is 0 Å². The molecule has 0 amide bonds. The number of hydrogen-bond acceptors (Lipinski definition) is 5. The van der Waals surface area contributed by atoms with Crippen LogP contribution in [0.1, 0.15) is 31.2 Å². The van der Waals surface area contributed by atoms with Gasteiger partial charge in [0, 0.05) is 31.2 Å². The summed E-state index contributed by atoms with van der Waals surface area (Å²) in [6.45, 7) is 7.00. The Labute approximate surface area is 190 Å². The molecule has 0 radical (unpaired) electrons. The number of nitrogens with zero attached hydrogens (tertiary/aromatic N) is 2. The Bertz CT molecular complexity index is 833. The Hall–Kier alpha value is -1.79. The zero-order chi connectivity index (χ0) is 21.5. The maximum absolute atomic E-state index is 10.9. The van der Waals surface area contributed by atoms with Gasteiger partial charge in [-0.15, -0.1) is 0 Å². The summed E-state index contributed by atoms with van der Waals surface area (Å²) < 4.78 is 11.8. The van der Waals surface area contributed by atoms with Gasteiger partial charge in [-0.05, 0) is 74.7 Å². The molecule has 0 unspecified atom stereocenters. The lowest BCUT2D eigenvalue weighted by atomic mass is 9.92. The van der Waals surface area contributed by atoms with E-state index in [1.54, 1.807) is 6.07 Å². The van der Waals surface area contributed by atoms with Gasteiger partial charge in [0.25, 0.3) is 0 Å². The molecule has 2 aliphatic rings. The van der Waals surface area contributed by atoms with Crippen LogP contribution in [0.2, 0.25) is 5.02 Å². The van der Waals surface area contributed by atoms with Crippen molar-refractivity contribution in [2.45, 2.75) is 37.8 Å². The molecule has 0 aromatic heterocycles. The van der Waals surface area contributed by atoms with Crippen LogP contribution in [0, 0.1) is 0 Å². The summed E-state index contributed by atoms with van der Waals surface area (Å²) in [5, 5.41) is 11.5. The average Bonchev–Trinajstić information content (AvgIpc) is 3.28.